The number of para-hydroxylation sites is 1. The van der Waals surface area contributed by atoms with E-state index in [0.717, 1.165) is 0 Å². The van der Waals surface area contributed by atoms with E-state index in [-0.39, 0.29) is 12.3 Å². The van der Waals surface area contributed by atoms with Crippen LogP contribution < -0.4 is 9.64 Å². The minimum atomic E-state index is -0.690. The van der Waals surface area contributed by atoms with Crippen LogP contribution in [0.4, 0.5) is 11.5 Å². The molecular formula is C15H12N4O4. The summed E-state index contributed by atoms with van der Waals surface area (Å²) in [4.78, 5) is 27.2. The summed E-state index contributed by atoms with van der Waals surface area (Å²) >= 11 is 0. The van der Waals surface area contributed by atoms with Gasteiger partial charge in [-0.3, -0.25) is 9.69 Å². The Labute approximate surface area is 131 Å². The van der Waals surface area contributed by atoms with Gasteiger partial charge in [0.15, 0.2) is 6.61 Å². The van der Waals surface area contributed by atoms with Crippen LogP contribution in [-0.4, -0.2) is 29.0 Å². The molecule has 116 valence electrons. The lowest BCUT2D eigenvalue weighted by Crippen LogP contribution is -2.35. The van der Waals surface area contributed by atoms with Crippen LogP contribution in [-0.2, 0) is 4.79 Å². The first-order valence-corrected chi connectivity index (χ1v) is 6.58. The zero-order valence-corrected chi connectivity index (χ0v) is 12.0. The van der Waals surface area contributed by atoms with E-state index in [9.17, 15) is 14.9 Å². The summed E-state index contributed by atoms with van der Waals surface area (Å²) in [5, 5.41) is 19.7. The largest absolute Gasteiger partial charge is 0.476 e. The lowest BCUT2D eigenvalue weighted by molar-refractivity contribution is -0.390. The molecule has 1 aromatic heterocycles. The van der Waals surface area contributed by atoms with Crippen LogP contribution in [0.2, 0.25) is 0 Å². The molecule has 8 nitrogen and oxygen atoms in total. The van der Waals surface area contributed by atoms with Gasteiger partial charge in [-0.25, -0.2) is 0 Å². The summed E-state index contributed by atoms with van der Waals surface area (Å²) in [6.45, 7) is -0.593. The third kappa shape index (κ3) is 4.01. The van der Waals surface area contributed by atoms with E-state index in [1.54, 1.807) is 30.3 Å². The maximum absolute atomic E-state index is 12.2. The Morgan fingerprint density at radius 2 is 2.04 bits per heavy atom. The smallest absolute Gasteiger partial charge is 0.406 e. The second kappa shape index (κ2) is 7.51. The topological polar surface area (TPSA) is 109 Å². The van der Waals surface area contributed by atoms with Gasteiger partial charge in [-0.05, 0) is 34.2 Å². The summed E-state index contributed by atoms with van der Waals surface area (Å²) in [5.41, 5.74) is 0.545. The fourth-order valence-electron chi connectivity index (χ4n) is 1.85. The number of carbonyl (C=O) groups is 1. The number of nitro groups is 1. The number of hydrogen-bond acceptors (Lipinski definition) is 6. The van der Waals surface area contributed by atoms with E-state index in [4.69, 9.17) is 10.00 Å². The molecule has 8 heteroatoms. The summed E-state index contributed by atoms with van der Waals surface area (Å²) in [7, 11) is 0. The number of rotatable bonds is 6. The fourth-order valence-corrected chi connectivity index (χ4v) is 1.85. The number of ether oxygens (including phenoxy) is 1. The molecule has 0 bridgehead atoms. The van der Waals surface area contributed by atoms with Crippen molar-refractivity contribution in [3.63, 3.8) is 0 Å². The van der Waals surface area contributed by atoms with Gasteiger partial charge in [-0.2, -0.15) is 5.26 Å². The Kier molecular flexibility index (Phi) is 5.20. The molecule has 2 aromatic rings. The highest BCUT2D eigenvalue weighted by Crippen LogP contribution is 2.23. The molecular weight excluding hydrogens is 300 g/mol. The maximum atomic E-state index is 12.2. The van der Waals surface area contributed by atoms with Crippen LogP contribution in [0.5, 0.6) is 5.75 Å². The van der Waals surface area contributed by atoms with Crippen molar-refractivity contribution in [3.05, 3.63) is 58.8 Å². The van der Waals surface area contributed by atoms with Gasteiger partial charge >= 0.3 is 5.82 Å². The summed E-state index contributed by atoms with van der Waals surface area (Å²) < 4.78 is 5.20. The van der Waals surface area contributed by atoms with Gasteiger partial charge in [-0.1, -0.05) is 18.2 Å². The first kappa shape index (κ1) is 15.9. The van der Waals surface area contributed by atoms with Crippen molar-refractivity contribution < 1.29 is 14.5 Å². The normalized spacial score (nSPS) is 9.70. The van der Waals surface area contributed by atoms with Crippen molar-refractivity contribution in [3.8, 4) is 11.8 Å². The molecule has 0 aliphatic heterocycles. The fraction of sp³-hybridized carbons (Fsp3) is 0.133. The van der Waals surface area contributed by atoms with Crippen molar-refractivity contribution >= 4 is 17.4 Å². The van der Waals surface area contributed by atoms with Gasteiger partial charge in [0.2, 0.25) is 5.75 Å². The summed E-state index contributed by atoms with van der Waals surface area (Å²) in [6.07, 6.45) is 1.26. The number of pyridine rings is 1. The third-order valence-electron chi connectivity index (χ3n) is 2.87. The van der Waals surface area contributed by atoms with E-state index in [1.807, 2.05) is 6.07 Å². The predicted octanol–water partition coefficient (Wildman–Crippen LogP) is 1.93. The number of aromatic nitrogens is 1. The average molecular weight is 312 g/mol. The van der Waals surface area contributed by atoms with Gasteiger partial charge in [0.25, 0.3) is 5.91 Å². The number of nitrogens with zero attached hydrogens (tertiary/aromatic N) is 4. The van der Waals surface area contributed by atoms with Gasteiger partial charge in [0.05, 0.1) is 6.07 Å². The molecule has 1 heterocycles. The zero-order chi connectivity index (χ0) is 16.7. The maximum Gasteiger partial charge on any atom is 0.406 e. The molecule has 0 radical (unpaired) electrons. The summed E-state index contributed by atoms with van der Waals surface area (Å²) in [5.74, 6) is -1.06. The van der Waals surface area contributed by atoms with Gasteiger partial charge in [0, 0.05) is 5.69 Å². The van der Waals surface area contributed by atoms with E-state index < -0.39 is 23.3 Å². The standard InChI is InChI=1S/C15H12N4O4/c16-8-10-18(12-5-2-1-3-6-12)14(20)11-23-13-7-4-9-17-15(13)19(21)22/h1-7,9H,10-11H2. The second-order valence-electron chi connectivity index (χ2n) is 4.34. The zero-order valence-electron chi connectivity index (χ0n) is 12.0. The third-order valence-corrected chi connectivity index (χ3v) is 2.87. The van der Waals surface area contributed by atoms with E-state index >= 15 is 0 Å². The SMILES string of the molecule is N#CCN(C(=O)COc1cccnc1[N+](=O)[O-])c1ccccc1. The Bertz CT molecular complexity index is 743. The molecule has 0 atom stereocenters. The van der Waals surface area contributed by atoms with Crippen molar-refractivity contribution in [2.75, 3.05) is 18.1 Å². The Morgan fingerprint density at radius 1 is 1.30 bits per heavy atom. The van der Waals surface area contributed by atoms with Gasteiger partial charge in [0.1, 0.15) is 12.7 Å². The van der Waals surface area contributed by atoms with Gasteiger partial charge in [-0.15, -0.1) is 0 Å². The van der Waals surface area contributed by atoms with Crippen molar-refractivity contribution in [2.24, 2.45) is 0 Å². The van der Waals surface area contributed by atoms with Crippen LogP contribution in [0.25, 0.3) is 0 Å². The molecule has 1 aromatic carbocycles. The molecule has 2 rings (SSSR count). The van der Waals surface area contributed by atoms with Crippen LogP contribution in [0.15, 0.2) is 48.7 Å². The average Bonchev–Trinajstić information content (AvgIpc) is 2.58. The Hall–Kier alpha value is -3.47. The van der Waals surface area contributed by atoms with Crippen molar-refractivity contribution in [1.82, 2.24) is 4.98 Å². The van der Waals surface area contributed by atoms with Crippen LogP contribution in [0.3, 0.4) is 0 Å². The van der Waals surface area contributed by atoms with E-state index in [1.165, 1.54) is 23.2 Å². The molecule has 0 spiro atoms. The summed E-state index contributed by atoms with van der Waals surface area (Å²) in [6, 6.07) is 13.4. The molecule has 0 aliphatic rings. The highest BCUT2D eigenvalue weighted by molar-refractivity contribution is 5.94. The first-order chi connectivity index (χ1) is 11.1. The first-order valence-electron chi connectivity index (χ1n) is 6.58. The molecule has 0 N–H and O–H groups in total. The van der Waals surface area contributed by atoms with Crippen LogP contribution in [0, 0.1) is 21.4 Å². The number of amides is 1. The molecule has 0 unspecified atom stereocenters. The molecule has 1 amide bonds. The van der Waals surface area contributed by atoms with Crippen LogP contribution >= 0.6 is 0 Å². The highest BCUT2D eigenvalue weighted by atomic mass is 16.6. The second-order valence-corrected chi connectivity index (χ2v) is 4.34. The van der Waals surface area contributed by atoms with Crippen LogP contribution in [0.1, 0.15) is 0 Å². The van der Waals surface area contributed by atoms with Gasteiger partial charge < -0.3 is 14.9 Å². The molecule has 0 saturated heterocycles. The number of hydrogen-bond donors (Lipinski definition) is 0. The van der Waals surface area contributed by atoms with E-state index in [0.29, 0.717) is 5.69 Å². The minimum absolute atomic E-state index is 0.101. The minimum Gasteiger partial charge on any atom is -0.476 e. The monoisotopic (exact) mass is 312 g/mol. The number of carbonyl (C=O) groups excluding carboxylic acids is 1. The molecule has 0 saturated carbocycles. The van der Waals surface area contributed by atoms with E-state index in [2.05, 4.69) is 4.98 Å². The molecule has 23 heavy (non-hydrogen) atoms. The van der Waals surface area contributed by atoms with Crippen molar-refractivity contribution in [1.29, 1.82) is 5.26 Å². The molecule has 0 aliphatic carbocycles. The van der Waals surface area contributed by atoms with Crippen molar-refractivity contribution in [2.45, 2.75) is 0 Å². The number of anilines is 1. The predicted molar refractivity (Wildman–Crippen MR) is 80.8 cm³/mol. The Morgan fingerprint density at radius 3 is 2.70 bits per heavy atom. The highest BCUT2D eigenvalue weighted by Gasteiger charge is 2.20. The Balaban J connectivity index is 2.12. The number of benzene rings is 1. The number of nitriles is 1. The lowest BCUT2D eigenvalue weighted by Gasteiger charge is -2.19. The molecule has 0 fully saturated rings. The quantitative estimate of drug-likeness (QED) is 0.458. The lowest BCUT2D eigenvalue weighted by atomic mass is 10.3.